The Hall–Kier alpha value is -0.860. The monoisotopic (exact) mass is 214 g/mol. The topological polar surface area (TPSA) is 43.4 Å². The summed E-state index contributed by atoms with van der Waals surface area (Å²) in [4.78, 5) is 22.3. The first-order valence-corrected chi connectivity index (χ1v) is 5.65. The standard InChI is InChI=1S/C12H22O3/c1-5-15-12(14)11(9(2)3)8-6-7-10(4)13/h9,11H,5-8H2,1-4H3. The molecule has 0 spiro atoms. The maximum absolute atomic E-state index is 11.6. The predicted octanol–water partition coefficient (Wildman–Crippen LogP) is 2.58. The molecule has 0 amide bonds. The molecule has 0 aliphatic carbocycles. The molecule has 0 radical (unpaired) electrons. The Morgan fingerprint density at radius 2 is 1.87 bits per heavy atom. The van der Waals surface area contributed by atoms with Crippen LogP contribution in [0.3, 0.4) is 0 Å². The van der Waals surface area contributed by atoms with Gasteiger partial charge in [0, 0.05) is 6.42 Å². The van der Waals surface area contributed by atoms with Crippen LogP contribution in [-0.2, 0) is 14.3 Å². The van der Waals surface area contributed by atoms with E-state index < -0.39 is 0 Å². The van der Waals surface area contributed by atoms with Gasteiger partial charge in [-0.3, -0.25) is 4.79 Å². The van der Waals surface area contributed by atoms with E-state index >= 15 is 0 Å². The van der Waals surface area contributed by atoms with Crippen molar-refractivity contribution in [1.29, 1.82) is 0 Å². The third-order valence-corrected chi connectivity index (χ3v) is 2.44. The van der Waals surface area contributed by atoms with Gasteiger partial charge >= 0.3 is 5.97 Å². The van der Waals surface area contributed by atoms with Crippen molar-refractivity contribution in [2.75, 3.05) is 6.61 Å². The second-order valence-corrected chi connectivity index (χ2v) is 4.20. The van der Waals surface area contributed by atoms with Crippen molar-refractivity contribution in [1.82, 2.24) is 0 Å². The molecule has 3 nitrogen and oxygen atoms in total. The van der Waals surface area contributed by atoms with Crippen LogP contribution in [0.5, 0.6) is 0 Å². The molecule has 0 rings (SSSR count). The van der Waals surface area contributed by atoms with Crippen LogP contribution in [0, 0.1) is 11.8 Å². The number of carbonyl (C=O) groups is 2. The van der Waals surface area contributed by atoms with E-state index in [2.05, 4.69) is 0 Å². The zero-order valence-corrected chi connectivity index (χ0v) is 10.2. The van der Waals surface area contributed by atoms with Gasteiger partial charge in [-0.2, -0.15) is 0 Å². The van der Waals surface area contributed by atoms with E-state index in [9.17, 15) is 9.59 Å². The molecule has 0 aromatic carbocycles. The van der Waals surface area contributed by atoms with E-state index in [4.69, 9.17) is 4.74 Å². The molecule has 0 aliphatic rings. The smallest absolute Gasteiger partial charge is 0.309 e. The van der Waals surface area contributed by atoms with Crippen molar-refractivity contribution in [3.05, 3.63) is 0 Å². The van der Waals surface area contributed by atoms with Crippen molar-refractivity contribution in [3.63, 3.8) is 0 Å². The summed E-state index contributed by atoms with van der Waals surface area (Å²) >= 11 is 0. The highest BCUT2D eigenvalue weighted by Gasteiger charge is 2.22. The van der Waals surface area contributed by atoms with Gasteiger partial charge < -0.3 is 9.53 Å². The molecular weight excluding hydrogens is 192 g/mol. The zero-order valence-electron chi connectivity index (χ0n) is 10.2. The Morgan fingerprint density at radius 3 is 2.27 bits per heavy atom. The number of ketones is 1. The van der Waals surface area contributed by atoms with Crippen LogP contribution in [0.1, 0.15) is 47.0 Å². The highest BCUT2D eigenvalue weighted by Crippen LogP contribution is 2.19. The Labute approximate surface area is 92.2 Å². The molecule has 0 saturated carbocycles. The van der Waals surface area contributed by atoms with Gasteiger partial charge in [-0.25, -0.2) is 0 Å². The minimum Gasteiger partial charge on any atom is -0.466 e. The number of hydrogen-bond acceptors (Lipinski definition) is 3. The van der Waals surface area contributed by atoms with E-state index in [0.717, 1.165) is 12.8 Å². The first-order valence-electron chi connectivity index (χ1n) is 5.65. The Kier molecular flexibility index (Phi) is 7.01. The van der Waals surface area contributed by atoms with E-state index in [1.807, 2.05) is 20.8 Å². The molecule has 0 aromatic heterocycles. The van der Waals surface area contributed by atoms with Gasteiger partial charge in [0.2, 0.25) is 0 Å². The number of carbonyl (C=O) groups excluding carboxylic acids is 2. The fraction of sp³-hybridized carbons (Fsp3) is 0.833. The summed E-state index contributed by atoms with van der Waals surface area (Å²) in [6, 6.07) is 0. The van der Waals surface area contributed by atoms with Gasteiger partial charge in [0.05, 0.1) is 12.5 Å². The third kappa shape index (κ3) is 6.26. The molecule has 88 valence electrons. The molecule has 0 aromatic rings. The van der Waals surface area contributed by atoms with Crippen molar-refractivity contribution in [2.24, 2.45) is 11.8 Å². The summed E-state index contributed by atoms with van der Waals surface area (Å²) in [5, 5.41) is 0. The molecule has 0 heterocycles. The minimum absolute atomic E-state index is 0.0655. The van der Waals surface area contributed by atoms with Crippen LogP contribution in [0.25, 0.3) is 0 Å². The first-order chi connectivity index (χ1) is 6.99. The largest absolute Gasteiger partial charge is 0.466 e. The van der Waals surface area contributed by atoms with Crippen LogP contribution in [0.15, 0.2) is 0 Å². The van der Waals surface area contributed by atoms with Crippen LogP contribution >= 0.6 is 0 Å². The summed E-state index contributed by atoms with van der Waals surface area (Å²) in [6.45, 7) is 7.83. The maximum atomic E-state index is 11.6. The van der Waals surface area contributed by atoms with Gasteiger partial charge in [0.1, 0.15) is 5.78 Å². The first kappa shape index (κ1) is 14.1. The lowest BCUT2D eigenvalue weighted by Gasteiger charge is -2.18. The fourth-order valence-electron chi connectivity index (χ4n) is 1.54. The molecule has 3 heteroatoms. The molecule has 0 aliphatic heterocycles. The van der Waals surface area contributed by atoms with Gasteiger partial charge in [0.25, 0.3) is 0 Å². The SMILES string of the molecule is CCOC(=O)C(CCCC(C)=O)C(C)C. The lowest BCUT2D eigenvalue weighted by atomic mass is 9.90. The quantitative estimate of drug-likeness (QED) is 0.612. The normalized spacial score (nSPS) is 12.6. The molecule has 15 heavy (non-hydrogen) atoms. The Balaban J connectivity index is 4.04. The van der Waals surface area contributed by atoms with Crippen LogP contribution in [0.4, 0.5) is 0 Å². The van der Waals surface area contributed by atoms with Crippen molar-refractivity contribution in [3.8, 4) is 0 Å². The summed E-state index contributed by atoms with van der Waals surface area (Å²) in [5.74, 6) is 0.262. The molecular formula is C12H22O3. The summed E-state index contributed by atoms with van der Waals surface area (Å²) in [7, 11) is 0. The zero-order chi connectivity index (χ0) is 11.8. The highest BCUT2D eigenvalue weighted by atomic mass is 16.5. The summed E-state index contributed by atoms with van der Waals surface area (Å²) < 4.78 is 5.00. The molecule has 0 fully saturated rings. The van der Waals surface area contributed by atoms with Gasteiger partial charge in [-0.15, -0.1) is 0 Å². The van der Waals surface area contributed by atoms with Crippen molar-refractivity contribution in [2.45, 2.75) is 47.0 Å². The van der Waals surface area contributed by atoms with E-state index in [0.29, 0.717) is 13.0 Å². The average Bonchev–Trinajstić information content (AvgIpc) is 2.11. The molecule has 0 bridgehead atoms. The van der Waals surface area contributed by atoms with Crippen LogP contribution in [-0.4, -0.2) is 18.4 Å². The van der Waals surface area contributed by atoms with Crippen molar-refractivity contribution < 1.29 is 14.3 Å². The maximum Gasteiger partial charge on any atom is 0.309 e. The molecule has 0 saturated heterocycles. The predicted molar refractivity (Wildman–Crippen MR) is 59.5 cm³/mol. The van der Waals surface area contributed by atoms with E-state index in [-0.39, 0.29) is 23.6 Å². The molecule has 1 atom stereocenters. The summed E-state index contributed by atoms with van der Waals surface area (Å²) in [5.41, 5.74) is 0. The second-order valence-electron chi connectivity index (χ2n) is 4.20. The lowest BCUT2D eigenvalue weighted by Crippen LogP contribution is -2.23. The van der Waals surface area contributed by atoms with Gasteiger partial charge in [-0.05, 0) is 32.6 Å². The number of Topliss-reactive ketones (excluding diaryl/α,β-unsaturated/α-hetero) is 1. The van der Waals surface area contributed by atoms with Gasteiger partial charge in [-0.1, -0.05) is 13.8 Å². The van der Waals surface area contributed by atoms with E-state index in [1.54, 1.807) is 6.92 Å². The molecule has 1 unspecified atom stereocenters. The molecule has 0 N–H and O–H groups in total. The Morgan fingerprint density at radius 1 is 1.27 bits per heavy atom. The summed E-state index contributed by atoms with van der Waals surface area (Å²) in [6.07, 6.45) is 2.08. The third-order valence-electron chi connectivity index (χ3n) is 2.44. The van der Waals surface area contributed by atoms with Crippen LogP contribution in [0.2, 0.25) is 0 Å². The number of ether oxygens (including phenoxy) is 1. The number of esters is 1. The van der Waals surface area contributed by atoms with Gasteiger partial charge in [0.15, 0.2) is 0 Å². The number of hydrogen-bond donors (Lipinski definition) is 0. The minimum atomic E-state index is -0.129. The number of rotatable bonds is 7. The highest BCUT2D eigenvalue weighted by molar-refractivity contribution is 5.75. The fourth-order valence-corrected chi connectivity index (χ4v) is 1.54. The van der Waals surface area contributed by atoms with E-state index in [1.165, 1.54) is 0 Å². The lowest BCUT2D eigenvalue weighted by molar-refractivity contribution is -0.150. The second kappa shape index (κ2) is 7.43. The average molecular weight is 214 g/mol. The Bertz CT molecular complexity index is 209. The van der Waals surface area contributed by atoms with Crippen molar-refractivity contribution >= 4 is 11.8 Å². The van der Waals surface area contributed by atoms with Crippen LogP contribution < -0.4 is 0 Å².